The van der Waals surface area contributed by atoms with E-state index in [1.807, 2.05) is 6.07 Å². The molecule has 0 bridgehead atoms. The molecule has 1 N–H and O–H groups in total. The van der Waals surface area contributed by atoms with E-state index < -0.39 is 0 Å². The van der Waals surface area contributed by atoms with E-state index in [2.05, 4.69) is 5.16 Å². The Kier molecular flexibility index (Phi) is 4.13. The zero-order valence-corrected chi connectivity index (χ0v) is 9.90. The largest absolute Gasteiger partial charge is 0.411 e. The quantitative estimate of drug-likeness (QED) is 0.482. The lowest BCUT2D eigenvalue weighted by Crippen LogP contribution is -2.20. The first-order valence-electron chi connectivity index (χ1n) is 6.25. The van der Waals surface area contributed by atoms with Crippen LogP contribution in [0.3, 0.4) is 0 Å². The first kappa shape index (κ1) is 12.1. The average Bonchev–Trinajstić information content (AvgIpc) is 2.37. The van der Waals surface area contributed by atoms with Gasteiger partial charge in [-0.2, -0.15) is 0 Å². The average molecular weight is 235 g/mol. The number of nitrogens with zero attached hydrogens (tertiary/aromatic N) is 1. The molecule has 0 aliphatic heterocycles. The molecule has 0 heterocycles. The monoisotopic (exact) mass is 235 g/mol. The Balaban J connectivity index is 2.04. The molecule has 0 atom stereocenters. The molecule has 1 saturated carbocycles. The van der Waals surface area contributed by atoms with Gasteiger partial charge in [-0.15, -0.1) is 0 Å². The summed E-state index contributed by atoms with van der Waals surface area (Å²) in [6, 6.07) is 6.51. The molecule has 0 spiro atoms. The molecule has 0 unspecified atom stereocenters. The summed E-state index contributed by atoms with van der Waals surface area (Å²) in [7, 11) is 0. The van der Waals surface area contributed by atoms with Crippen LogP contribution in [-0.4, -0.2) is 10.9 Å². The predicted molar refractivity (Wildman–Crippen MR) is 65.9 cm³/mol. The number of hydrogen-bond acceptors (Lipinski definition) is 2. The Morgan fingerprint density at radius 3 is 2.71 bits per heavy atom. The van der Waals surface area contributed by atoms with Gasteiger partial charge < -0.3 is 5.21 Å². The van der Waals surface area contributed by atoms with Gasteiger partial charge >= 0.3 is 0 Å². The van der Waals surface area contributed by atoms with E-state index in [1.165, 1.54) is 31.4 Å². The second-order valence-electron chi connectivity index (χ2n) is 4.73. The molecule has 92 valence electrons. The van der Waals surface area contributed by atoms with Crippen LogP contribution in [0.2, 0.25) is 0 Å². The highest BCUT2D eigenvalue weighted by atomic mass is 19.1. The summed E-state index contributed by atoms with van der Waals surface area (Å²) >= 11 is 0. The van der Waals surface area contributed by atoms with E-state index in [-0.39, 0.29) is 5.82 Å². The van der Waals surface area contributed by atoms with Crippen molar-refractivity contribution >= 4 is 5.71 Å². The molecule has 1 fully saturated rings. The minimum absolute atomic E-state index is 0.233. The van der Waals surface area contributed by atoms with Crippen molar-refractivity contribution in [2.75, 3.05) is 0 Å². The molecule has 1 aromatic carbocycles. The van der Waals surface area contributed by atoms with Crippen LogP contribution in [0.4, 0.5) is 4.39 Å². The van der Waals surface area contributed by atoms with Crippen molar-refractivity contribution < 1.29 is 9.60 Å². The minimum Gasteiger partial charge on any atom is -0.411 e. The van der Waals surface area contributed by atoms with E-state index in [4.69, 9.17) is 5.21 Å². The van der Waals surface area contributed by atoms with E-state index in [9.17, 15) is 4.39 Å². The molecule has 0 amide bonds. The van der Waals surface area contributed by atoms with Gasteiger partial charge in [0.2, 0.25) is 0 Å². The van der Waals surface area contributed by atoms with Gasteiger partial charge in [0, 0.05) is 12.3 Å². The van der Waals surface area contributed by atoms with Gasteiger partial charge in [0.05, 0.1) is 5.71 Å². The van der Waals surface area contributed by atoms with Gasteiger partial charge in [-0.25, -0.2) is 4.39 Å². The predicted octanol–water partition coefficient (Wildman–Crippen LogP) is 3.78. The Morgan fingerprint density at radius 2 is 2.06 bits per heavy atom. The smallest absolute Gasteiger partial charge is 0.123 e. The van der Waals surface area contributed by atoms with Crippen LogP contribution in [-0.2, 0) is 6.42 Å². The highest BCUT2D eigenvalue weighted by molar-refractivity contribution is 5.88. The van der Waals surface area contributed by atoms with Crippen molar-refractivity contribution in [3.8, 4) is 0 Å². The van der Waals surface area contributed by atoms with Gasteiger partial charge in [0.1, 0.15) is 5.82 Å². The fourth-order valence-electron chi connectivity index (χ4n) is 2.55. The number of oxime groups is 1. The van der Waals surface area contributed by atoms with Crippen LogP contribution in [0.25, 0.3) is 0 Å². The molecular formula is C14H18FNO. The Labute approximate surface area is 101 Å². The minimum atomic E-state index is -0.233. The van der Waals surface area contributed by atoms with Crippen molar-refractivity contribution in [1.29, 1.82) is 0 Å². The van der Waals surface area contributed by atoms with E-state index in [1.54, 1.807) is 6.07 Å². The van der Waals surface area contributed by atoms with Crippen LogP contribution < -0.4 is 0 Å². The molecule has 0 saturated heterocycles. The number of benzene rings is 1. The van der Waals surface area contributed by atoms with Crippen molar-refractivity contribution in [2.24, 2.45) is 11.1 Å². The molecule has 17 heavy (non-hydrogen) atoms. The maximum Gasteiger partial charge on any atom is 0.123 e. The Hall–Kier alpha value is -1.38. The third-order valence-corrected chi connectivity index (χ3v) is 3.48. The van der Waals surface area contributed by atoms with Crippen LogP contribution in [0.15, 0.2) is 29.4 Å². The lowest BCUT2D eigenvalue weighted by Gasteiger charge is -2.22. The molecule has 3 heteroatoms. The van der Waals surface area contributed by atoms with Gasteiger partial charge in [-0.05, 0) is 30.5 Å². The van der Waals surface area contributed by atoms with Crippen LogP contribution in [0.1, 0.15) is 37.7 Å². The molecule has 2 nitrogen and oxygen atoms in total. The lowest BCUT2D eigenvalue weighted by molar-refractivity contribution is 0.308. The van der Waals surface area contributed by atoms with Crippen LogP contribution in [0.5, 0.6) is 0 Å². The number of halogens is 1. The second kappa shape index (κ2) is 5.80. The van der Waals surface area contributed by atoms with Gasteiger partial charge in [0.25, 0.3) is 0 Å². The fourth-order valence-corrected chi connectivity index (χ4v) is 2.55. The molecule has 2 rings (SSSR count). The third-order valence-electron chi connectivity index (χ3n) is 3.48. The van der Waals surface area contributed by atoms with Crippen molar-refractivity contribution in [3.63, 3.8) is 0 Å². The maximum absolute atomic E-state index is 13.1. The van der Waals surface area contributed by atoms with Crippen molar-refractivity contribution in [1.82, 2.24) is 0 Å². The van der Waals surface area contributed by atoms with Crippen LogP contribution in [0, 0.1) is 11.7 Å². The molecule has 1 aliphatic carbocycles. The highest BCUT2D eigenvalue weighted by Crippen LogP contribution is 2.26. The first-order valence-corrected chi connectivity index (χ1v) is 6.25. The zero-order valence-electron chi connectivity index (χ0n) is 9.90. The van der Waals surface area contributed by atoms with E-state index in [0.29, 0.717) is 12.3 Å². The first-order chi connectivity index (χ1) is 8.29. The van der Waals surface area contributed by atoms with Crippen LogP contribution >= 0.6 is 0 Å². The summed E-state index contributed by atoms with van der Waals surface area (Å²) in [5.41, 5.74) is 1.68. The van der Waals surface area contributed by atoms with E-state index >= 15 is 0 Å². The highest BCUT2D eigenvalue weighted by Gasteiger charge is 2.20. The topological polar surface area (TPSA) is 32.6 Å². The van der Waals surface area contributed by atoms with Crippen molar-refractivity contribution in [2.45, 2.75) is 38.5 Å². The summed E-state index contributed by atoms with van der Waals surface area (Å²) < 4.78 is 13.1. The lowest BCUT2D eigenvalue weighted by atomic mass is 9.84. The Bertz CT molecular complexity index is 397. The SMILES string of the molecule is O/N=C(\Cc1cccc(F)c1)C1CCCCC1. The van der Waals surface area contributed by atoms with E-state index in [0.717, 1.165) is 24.1 Å². The third kappa shape index (κ3) is 3.29. The molecule has 0 radical (unpaired) electrons. The summed E-state index contributed by atoms with van der Waals surface area (Å²) in [6.07, 6.45) is 6.41. The number of rotatable bonds is 3. The standard InChI is InChI=1S/C14H18FNO/c15-13-8-4-5-11(9-13)10-14(16-17)12-6-2-1-3-7-12/h4-5,8-9,12,17H,1-3,6-7,10H2/b16-14+. The summed E-state index contributed by atoms with van der Waals surface area (Å²) in [5.74, 6) is 0.139. The molecule has 1 aliphatic rings. The second-order valence-corrected chi connectivity index (χ2v) is 4.73. The summed E-state index contributed by atoms with van der Waals surface area (Å²) in [6.45, 7) is 0. The Morgan fingerprint density at radius 1 is 1.29 bits per heavy atom. The molecule has 0 aromatic heterocycles. The zero-order chi connectivity index (χ0) is 12.1. The summed E-state index contributed by atoms with van der Waals surface area (Å²) in [5, 5.41) is 12.5. The molecule has 1 aromatic rings. The maximum atomic E-state index is 13.1. The van der Waals surface area contributed by atoms with Gasteiger partial charge in [-0.1, -0.05) is 36.6 Å². The van der Waals surface area contributed by atoms with Gasteiger partial charge in [-0.3, -0.25) is 0 Å². The summed E-state index contributed by atoms with van der Waals surface area (Å²) in [4.78, 5) is 0. The van der Waals surface area contributed by atoms with Gasteiger partial charge in [0.15, 0.2) is 0 Å². The number of hydrogen-bond donors (Lipinski definition) is 1. The molecular weight excluding hydrogens is 217 g/mol. The fraction of sp³-hybridized carbons (Fsp3) is 0.500. The van der Waals surface area contributed by atoms with Crippen molar-refractivity contribution in [3.05, 3.63) is 35.6 Å². The normalized spacial score (nSPS) is 18.3.